The molecule has 8 heteroatoms. The van der Waals surface area contributed by atoms with Gasteiger partial charge in [0.05, 0.1) is 37.3 Å². The Bertz CT molecular complexity index is 1230. The first-order valence-corrected chi connectivity index (χ1v) is 11.0. The largest absolute Gasteiger partial charge is 0.493 e. The number of aromatic nitrogens is 1. The highest BCUT2D eigenvalue weighted by molar-refractivity contribution is 6.24. The van der Waals surface area contributed by atoms with Crippen LogP contribution in [-0.4, -0.2) is 60.3 Å². The Hall–Kier alpha value is -4.07. The van der Waals surface area contributed by atoms with Gasteiger partial charge in [0, 0.05) is 26.5 Å². The summed E-state index contributed by atoms with van der Waals surface area (Å²) >= 11 is 0. The topological polar surface area (TPSA) is 91.9 Å². The van der Waals surface area contributed by atoms with Crippen LogP contribution >= 0.6 is 0 Å². The molecule has 0 fully saturated rings. The third kappa shape index (κ3) is 4.03. The van der Waals surface area contributed by atoms with E-state index in [1.54, 1.807) is 56.8 Å². The Balaban J connectivity index is 1.82. The lowest BCUT2D eigenvalue weighted by Crippen LogP contribution is -2.37. The van der Waals surface area contributed by atoms with Crippen molar-refractivity contribution in [2.75, 3.05) is 27.8 Å². The maximum atomic E-state index is 13.7. The van der Waals surface area contributed by atoms with E-state index in [9.17, 15) is 14.4 Å². The summed E-state index contributed by atoms with van der Waals surface area (Å²) in [5.41, 5.74) is 2.75. The van der Waals surface area contributed by atoms with Crippen LogP contribution < -0.4 is 9.47 Å². The van der Waals surface area contributed by atoms with Crippen LogP contribution in [0.2, 0.25) is 0 Å². The molecule has 0 saturated carbocycles. The van der Waals surface area contributed by atoms with E-state index in [1.807, 2.05) is 19.1 Å². The molecule has 1 unspecified atom stereocenters. The second-order valence-corrected chi connectivity index (χ2v) is 8.16. The first kappa shape index (κ1) is 23.1. The van der Waals surface area contributed by atoms with Crippen LogP contribution in [0.4, 0.5) is 0 Å². The van der Waals surface area contributed by atoms with Gasteiger partial charge < -0.3 is 19.4 Å². The second-order valence-electron chi connectivity index (χ2n) is 8.16. The number of amides is 3. The van der Waals surface area contributed by atoms with Gasteiger partial charge in [-0.1, -0.05) is 18.2 Å². The molecule has 4 rings (SSSR count). The highest BCUT2D eigenvalue weighted by Crippen LogP contribution is 2.40. The first-order valence-electron chi connectivity index (χ1n) is 11.0. The molecule has 2 aromatic carbocycles. The van der Waals surface area contributed by atoms with E-state index in [-0.39, 0.29) is 12.3 Å². The summed E-state index contributed by atoms with van der Waals surface area (Å²) in [6, 6.07) is 11.5. The number of carbonyl (C=O) groups is 3. The number of fused-ring (bicyclic) bond motifs is 1. The molecule has 176 valence electrons. The van der Waals surface area contributed by atoms with Crippen molar-refractivity contribution in [3.8, 4) is 22.6 Å². The minimum absolute atomic E-state index is 0.0597. The first-order chi connectivity index (χ1) is 16.4. The number of rotatable bonds is 8. The van der Waals surface area contributed by atoms with Crippen LogP contribution in [0.1, 0.15) is 45.7 Å². The summed E-state index contributed by atoms with van der Waals surface area (Å²) in [6.45, 7) is 2.26. The van der Waals surface area contributed by atoms with Gasteiger partial charge in [-0.2, -0.15) is 0 Å². The maximum absolute atomic E-state index is 13.7. The van der Waals surface area contributed by atoms with Crippen LogP contribution in [-0.2, 0) is 4.79 Å². The van der Waals surface area contributed by atoms with Crippen molar-refractivity contribution >= 4 is 17.7 Å². The number of hydrogen-bond acceptors (Lipinski definition) is 5. The minimum Gasteiger partial charge on any atom is -0.493 e. The van der Waals surface area contributed by atoms with Gasteiger partial charge in [0.1, 0.15) is 0 Å². The summed E-state index contributed by atoms with van der Waals surface area (Å²) in [5.74, 6) is -0.0548. The molecule has 1 aliphatic heterocycles. The van der Waals surface area contributed by atoms with Gasteiger partial charge >= 0.3 is 0 Å². The van der Waals surface area contributed by atoms with Gasteiger partial charge in [0.2, 0.25) is 5.91 Å². The van der Waals surface area contributed by atoms with Crippen molar-refractivity contribution in [1.82, 2.24) is 14.8 Å². The molecule has 1 aliphatic rings. The number of imide groups is 1. The van der Waals surface area contributed by atoms with Gasteiger partial charge in [-0.05, 0) is 47.9 Å². The molecule has 0 spiro atoms. The SMILES string of the molecule is CCOc1cc(C(CC(=O)N(C)C)N2C(=O)c3cccc(-c4cc[nH]c4)c3C2=O)ccc1OC. The summed E-state index contributed by atoms with van der Waals surface area (Å²) in [5, 5.41) is 0. The molecule has 8 nitrogen and oxygen atoms in total. The normalized spacial score (nSPS) is 13.6. The third-order valence-corrected chi connectivity index (χ3v) is 5.91. The molecule has 0 radical (unpaired) electrons. The predicted molar refractivity (Wildman–Crippen MR) is 127 cm³/mol. The summed E-state index contributed by atoms with van der Waals surface area (Å²) < 4.78 is 11.1. The number of methoxy groups -OCH3 is 1. The molecular weight excluding hydrogens is 434 g/mol. The molecule has 3 aromatic rings. The Labute approximate surface area is 198 Å². The highest BCUT2D eigenvalue weighted by atomic mass is 16.5. The van der Waals surface area contributed by atoms with Crippen LogP contribution in [0, 0.1) is 0 Å². The quantitative estimate of drug-likeness (QED) is 0.514. The minimum atomic E-state index is -0.813. The van der Waals surface area contributed by atoms with Crippen LogP contribution in [0.5, 0.6) is 11.5 Å². The average molecular weight is 462 g/mol. The van der Waals surface area contributed by atoms with Gasteiger partial charge in [0.25, 0.3) is 11.8 Å². The monoisotopic (exact) mass is 461 g/mol. The zero-order chi connectivity index (χ0) is 24.4. The fraction of sp³-hybridized carbons (Fsp3) is 0.269. The fourth-order valence-electron chi connectivity index (χ4n) is 4.19. The Kier molecular flexibility index (Phi) is 6.40. The number of ether oxygens (including phenoxy) is 2. The van der Waals surface area contributed by atoms with Crippen LogP contribution in [0.3, 0.4) is 0 Å². The number of H-pyrrole nitrogens is 1. The molecule has 0 aliphatic carbocycles. The Morgan fingerprint density at radius 2 is 1.82 bits per heavy atom. The van der Waals surface area contributed by atoms with E-state index in [0.717, 1.165) is 5.56 Å². The summed E-state index contributed by atoms with van der Waals surface area (Å²) in [6.07, 6.45) is 3.48. The molecule has 1 atom stereocenters. The van der Waals surface area contributed by atoms with E-state index >= 15 is 0 Å². The number of nitrogens with zero attached hydrogens (tertiary/aromatic N) is 2. The van der Waals surface area contributed by atoms with E-state index in [4.69, 9.17) is 9.47 Å². The molecular formula is C26H27N3O5. The maximum Gasteiger partial charge on any atom is 0.262 e. The van der Waals surface area contributed by atoms with Gasteiger partial charge in [-0.25, -0.2) is 0 Å². The van der Waals surface area contributed by atoms with Crippen LogP contribution in [0.15, 0.2) is 54.9 Å². The lowest BCUT2D eigenvalue weighted by Gasteiger charge is -2.28. The third-order valence-electron chi connectivity index (χ3n) is 5.91. The van der Waals surface area contributed by atoms with Gasteiger partial charge in [-0.15, -0.1) is 0 Å². The van der Waals surface area contributed by atoms with Crippen molar-refractivity contribution in [2.45, 2.75) is 19.4 Å². The van der Waals surface area contributed by atoms with E-state index in [1.165, 1.54) is 16.9 Å². The van der Waals surface area contributed by atoms with Crippen LogP contribution in [0.25, 0.3) is 11.1 Å². The van der Waals surface area contributed by atoms with E-state index in [0.29, 0.717) is 40.4 Å². The average Bonchev–Trinajstić information content (AvgIpc) is 3.45. The van der Waals surface area contributed by atoms with Crippen molar-refractivity contribution in [3.05, 3.63) is 71.5 Å². The molecule has 1 aromatic heterocycles. The van der Waals surface area contributed by atoms with Crippen molar-refractivity contribution in [3.63, 3.8) is 0 Å². The number of hydrogen-bond donors (Lipinski definition) is 1. The highest BCUT2D eigenvalue weighted by Gasteiger charge is 2.43. The number of nitrogens with one attached hydrogen (secondary N) is 1. The van der Waals surface area contributed by atoms with E-state index < -0.39 is 17.9 Å². The number of benzene rings is 2. The second kappa shape index (κ2) is 9.43. The summed E-state index contributed by atoms with van der Waals surface area (Å²) in [4.78, 5) is 45.7. The molecule has 2 heterocycles. The molecule has 34 heavy (non-hydrogen) atoms. The number of aromatic amines is 1. The summed E-state index contributed by atoms with van der Waals surface area (Å²) in [7, 11) is 4.83. The Morgan fingerprint density at radius 3 is 2.47 bits per heavy atom. The Morgan fingerprint density at radius 1 is 1.06 bits per heavy atom. The zero-order valence-corrected chi connectivity index (χ0v) is 19.6. The fourth-order valence-corrected chi connectivity index (χ4v) is 4.19. The van der Waals surface area contributed by atoms with Gasteiger partial charge in [-0.3, -0.25) is 19.3 Å². The van der Waals surface area contributed by atoms with Gasteiger partial charge in [0.15, 0.2) is 11.5 Å². The molecule has 0 bridgehead atoms. The van der Waals surface area contributed by atoms with Crippen molar-refractivity contribution in [2.24, 2.45) is 0 Å². The molecule has 0 saturated heterocycles. The van der Waals surface area contributed by atoms with Crippen molar-refractivity contribution < 1.29 is 23.9 Å². The number of carbonyl (C=O) groups excluding carboxylic acids is 3. The van der Waals surface area contributed by atoms with Crippen molar-refractivity contribution in [1.29, 1.82) is 0 Å². The smallest absolute Gasteiger partial charge is 0.262 e. The van der Waals surface area contributed by atoms with E-state index in [2.05, 4.69) is 4.98 Å². The standard InChI is InChI=1S/C26H27N3O5/c1-5-34-22-13-16(9-10-21(22)33-4)20(14-23(30)28(2)3)29-25(31)19-8-6-7-18(24(19)26(29)32)17-11-12-27-15-17/h6-13,15,20,27H,5,14H2,1-4H3. The predicted octanol–water partition coefficient (Wildman–Crippen LogP) is 3.90. The molecule has 3 amide bonds. The molecule has 1 N–H and O–H groups in total. The lowest BCUT2D eigenvalue weighted by atomic mass is 9.98. The lowest BCUT2D eigenvalue weighted by molar-refractivity contribution is -0.129. The zero-order valence-electron chi connectivity index (χ0n) is 19.6.